The number of likely N-dealkylation sites (N-methyl/N-ethyl adjacent to an activating group) is 1. The van der Waals surface area contributed by atoms with Crippen LogP contribution < -0.4 is 10.3 Å². The number of aryl methyl sites for hydroxylation is 1. The Morgan fingerprint density at radius 3 is 2.89 bits per heavy atom. The van der Waals surface area contributed by atoms with Crippen LogP contribution in [0.5, 0.6) is 0 Å². The molecule has 1 atom stereocenters. The fourth-order valence-electron chi connectivity index (χ4n) is 4.94. The summed E-state index contributed by atoms with van der Waals surface area (Å²) in [6, 6.07) is 4.47. The second-order valence-electron chi connectivity index (χ2n) is 8.15. The predicted octanol–water partition coefficient (Wildman–Crippen LogP) is 4.12. The lowest BCUT2D eigenvalue weighted by Crippen LogP contribution is -2.37. The minimum atomic E-state index is -0.432. The van der Waals surface area contributed by atoms with Crippen molar-refractivity contribution in [3.63, 3.8) is 0 Å². The Balaban J connectivity index is 1.75. The average Bonchev–Trinajstić information content (AvgIpc) is 3.13. The standard InChI is InChI=1S/C22H26N4O/c1-4-22(3)16-11-17-15(10-19(16)26(5-2)21(22)27)14-8-6-7-13-9-18(20(14)24-17)25-23-12-13/h10-12,23-24H,4-9H2,1-3H3. The van der Waals surface area contributed by atoms with Crippen molar-refractivity contribution in [3.8, 4) is 0 Å². The molecule has 0 spiro atoms. The van der Waals surface area contributed by atoms with E-state index in [-0.39, 0.29) is 5.91 Å². The number of hydrogen-bond acceptors (Lipinski definition) is 3. The van der Waals surface area contributed by atoms with Crippen LogP contribution in [0.25, 0.3) is 10.9 Å². The summed E-state index contributed by atoms with van der Waals surface area (Å²) in [6.45, 7) is 6.96. The van der Waals surface area contributed by atoms with Crippen LogP contribution in [0.15, 0.2) is 29.0 Å². The van der Waals surface area contributed by atoms with Gasteiger partial charge in [0.1, 0.15) is 0 Å². The number of fused-ring (bicyclic) bond motifs is 7. The molecule has 27 heavy (non-hydrogen) atoms. The van der Waals surface area contributed by atoms with Crippen LogP contribution in [0.4, 0.5) is 5.69 Å². The highest BCUT2D eigenvalue weighted by Crippen LogP contribution is 2.46. The van der Waals surface area contributed by atoms with Crippen molar-refractivity contribution >= 4 is 28.2 Å². The summed E-state index contributed by atoms with van der Waals surface area (Å²) in [7, 11) is 0. The van der Waals surface area contributed by atoms with Gasteiger partial charge in [-0.15, -0.1) is 0 Å². The van der Waals surface area contributed by atoms with E-state index in [1.54, 1.807) is 0 Å². The number of anilines is 1. The number of hydrogen-bond donors (Lipinski definition) is 2. The molecule has 0 fully saturated rings. The zero-order valence-corrected chi connectivity index (χ0v) is 16.3. The molecule has 0 saturated heterocycles. The summed E-state index contributed by atoms with van der Waals surface area (Å²) < 4.78 is 0. The fourth-order valence-corrected chi connectivity index (χ4v) is 4.94. The molecule has 5 nitrogen and oxygen atoms in total. The topological polar surface area (TPSA) is 60.5 Å². The Morgan fingerprint density at radius 1 is 1.26 bits per heavy atom. The van der Waals surface area contributed by atoms with E-state index in [0.717, 1.165) is 54.6 Å². The normalized spacial score (nSPS) is 24.0. The second-order valence-corrected chi connectivity index (χ2v) is 8.15. The first kappa shape index (κ1) is 16.6. The van der Waals surface area contributed by atoms with Gasteiger partial charge >= 0.3 is 0 Å². The van der Waals surface area contributed by atoms with Crippen molar-refractivity contribution in [2.45, 2.75) is 58.3 Å². The number of allylic oxidation sites excluding steroid dienone is 1. The summed E-state index contributed by atoms with van der Waals surface area (Å²) in [5, 5.41) is 5.80. The number of benzene rings is 1. The summed E-state index contributed by atoms with van der Waals surface area (Å²) in [6.07, 6.45) is 7.06. The molecule has 3 heterocycles. The Bertz CT molecular complexity index is 1030. The molecule has 5 rings (SSSR count). The van der Waals surface area contributed by atoms with Crippen LogP contribution in [0.3, 0.4) is 0 Å². The maximum atomic E-state index is 13.1. The van der Waals surface area contributed by atoms with Gasteiger partial charge in [-0.3, -0.25) is 10.2 Å². The lowest BCUT2D eigenvalue weighted by molar-refractivity contribution is -0.122. The van der Waals surface area contributed by atoms with E-state index in [9.17, 15) is 4.79 Å². The number of carbonyl (C=O) groups is 1. The van der Waals surface area contributed by atoms with Gasteiger partial charge in [-0.1, -0.05) is 6.92 Å². The first-order valence-electron chi connectivity index (χ1n) is 10.1. The van der Waals surface area contributed by atoms with Crippen LogP contribution in [-0.2, 0) is 16.6 Å². The SMILES string of the molecule is CCN1C(=O)C(C)(CC)c2cc3[nH]c4c(c3cc21)CCCC1=CNN=C4C1. The number of hydrazone groups is 1. The van der Waals surface area contributed by atoms with E-state index in [0.29, 0.717) is 6.54 Å². The largest absolute Gasteiger partial charge is 0.353 e. The molecule has 5 heteroatoms. The minimum Gasteiger partial charge on any atom is -0.353 e. The number of amides is 1. The van der Waals surface area contributed by atoms with Gasteiger partial charge in [0, 0.05) is 35.8 Å². The second kappa shape index (κ2) is 5.72. The number of rotatable bonds is 2. The molecule has 1 aliphatic carbocycles. The molecule has 0 saturated carbocycles. The summed E-state index contributed by atoms with van der Waals surface area (Å²) in [4.78, 5) is 18.7. The van der Waals surface area contributed by atoms with Crippen molar-refractivity contribution in [2.75, 3.05) is 11.4 Å². The molecular formula is C22H26N4O. The smallest absolute Gasteiger partial charge is 0.237 e. The lowest BCUT2D eigenvalue weighted by Gasteiger charge is -2.21. The van der Waals surface area contributed by atoms with E-state index < -0.39 is 5.41 Å². The van der Waals surface area contributed by atoms with Crippen molar-refractivity contribution in [2.24, 2.45) is 5.10 Å². The Kier molecular flexibility index (Phi) is 3.51. The number of H-pyrrole nitrogens is 1. The molecule has 1 unspecified atom stereocenters. The zero-order chi connectivity index (χ0) is 18.8. The third-order valence-corrected chi connectivity index (χ3v) is 6.72. The Labute approximate surface area is 159 Å². The van der Waals surface area contributed by atoms with Gasteiger partial charge in [-0.25, -0.2) is 0 Å². The van der Waals surface area contributed by atoms with E-state index in [1.807, 2.05) is 11.1 Å². The summed E-state index contributed by atoms with van der Waals surface area (Å²) in [5.74, 6) is 0.230. The number of nitrogens with zero attached hydrogens (tertiary/aromatic N) is 2. The van der Waals surface area contributed by atoms with E-state index in [2.05, 4.69) is 48.4 Å². The maximum Gasteiger partial charge on any atom is 0.237 e. The quantitative estimate of drug-likeness (QED) is 0.844. The highest BCUT2D eigenvalue weighted by molar-refractivity contribution is 6.12. The molecule has 2 bridgehead atoms. The first-order valence-corrected chi connectivity index (χ1v) is 10.1. The van der Waals surface area contributed by atoms with Gasteiger partial charge < -0.3 is 9.88 Å². The van der Waals surface area contributed by atoms with Gasteiger partial charge in [0.2, 0.25) is 5.91 Å². The molecule has 2 aliphatic heterocycles. The summed E-state index contributed by atoms with van der Waals surface area (Å²) in [5.41, 5.74) is 11.1. The molecule has 1 aromatic carbocycles. The highest BCUT2D eigenvalue weighted by atomic mass is 16.2. The Hall–Kier alpha value is -2.56. The fraction of sp³-hybridized carbons (Fsp3) is 0.455. The van der Waals surface area contributed by atoms with Crippen LogP contribution in [0.2, 0.25) is 0 Å². The first-order chi connectivity index (χ1) is 13.1. The molecule has 140 valence electrons. The highest BCUT2D eigenvalue weighted by Gasteiger charge is 2.46. The molecule has 2 N–H and O–H groups in total. The lowest BCUT2D eigenvalue weighted by atomic mass is 9.81. The van der Waals surface area contributed by atoms with E-state index in [4.69, 9.17) is 0 Å². The number of carbonyl (C=O) groups excluding carboxylic acids is 1. The molecule has 1 aromatic heterocycles. The average molecular weight is 362 g/mol. The Morgan fingerprint density at radius 2 is 2.11 bits per heavy atom. The summed E-state index contributed by atoms with van der Waals surface area (Å²) >= 11 is 0. The van der Waals surface area contributed by atoms with Gasteiger partial charge in [-0.2, -0.15) is 5.10 Å². The van der Waals surface area contributed by atoms with Gasteiger partial charge in [-0.05, 0) is 68.4 Å². The van der Waals surface area contributed by atoms with Crippen LogP contribution >= 0.6 is 0 Å². The van der Waals surface area contributed by atoms with Crippen LogP contribution in [0, 0.1) is 0 Å². The number of nitrogens with one attached hydrogen (secondary N) is 2. The van der Waals surface area contributed by atoms with Crippen molar-refractivity contribution in [1.29, 1.82) is 0 Å². The van der Waals surface area contributed by atoms with Crippen molar-refractivity contribution < 1.29 is 4.79 Å². The van der Waals surface area contributed by atoms with Crippen molar-refractivity contribution in [1.82, 2.24) is 10.4 Å². The molecule has 1 amide bonds. The molecule has 2 aromatic rings. The van der Waals surface area contributed by atoms with Gasteiger partial charge in [0.05, 0.1) is 16.8 Å². The number of aromatic nitrogens is 1. The van der Waals surface area contributed by atoms with Crippen LogP contribution in [0.1, 0.15) is 63.3 Å². The van der Waals surface area contributed by atoms with Gasteiger partial charge in [0.25, 0.3) is 0 Å². The minimum absolute atomic E-state index is 0.230. The third-order valence-electron chi connectivity index (χ3n) is 6.72. The molecular weight excluding hydrogens is 336 g/mol. The van der Waals surface area contributed by atoms with E-state index in [1.165, 1.54) is 22.2 Å². The molecule has 0 radical (unpaired) electrons. The number of aromatic amines is 1. The predicted molar refractivity (Wildman–Crippen MR) is 109 cm³/mol. The van der Waals surface area contributed by atoms with Gasteiger partial charge in [0.15, 0.2) is 0 Å². The zero-order valence-electron chi connectivity index (χ0n) is 16.3. The van der Waals surface area contributed by atoms with Crippen LogP contribution in [-0.4, -0.2) is 23.1 Å². The maximum absolute atomic E-state index is 13.1. The third kappa shape index (κ3) is 2.17. The molecule has 3 aliphatic rings. The monoisotopic (exact) mass is 362 g/mol. The van der Waals surface area contributed by atoms with Crippen molar-refractivity contribution in [3.05, 3.63) is 40.7 Å². The van der Waals surface area contributed by atoms with E-state index >= 15 is 0 Å².